The minimum absolute atomic E-state index is 0.0170. The molecule has 2 N–H and O–H groups in total. The molecule has 2 aromatic carbocycles. The van der Waals surface area contributed by atoms with Gasteiger partial charge in [0.15, 0.2) is 11.6 Å². The zero-order valence-corrected chi connectivity index (χ0v) is 18.0. The molecule has 1 aliphatic heterocycles. The lowest BCUT2D eigenvalue weighted by Gasteiger charge is -2.15. The van der Waals surface area contributed by atoms with Crippen LogP contribution in [0.25, 0.3) is 11.0 Å². The predicted octanol–water partition coefficient (Wildman–Crippen LogP) is 3.02. The number of carbonyl (C=O) groups excluding carboxylic acids is 1. The van der Waals surface area contributed by atoms with Gasteiger partial charge in [0.05, 0.1) is 31.5 Å². The van der Waals surface area contributed by atoms with Gasteiger partial charge in [-0.2, -0.15) is 0 Å². The number of nitrogens with one attached hydrogen (secondary N) is 2. The highest BCUT2D eigenvalue weighted by molar-refractivity contribution is 7.97. The van der Waals surface area contributed by atoms with Crippen LogP contribution in [0.2, 0.25) is 0 Å². The average molecular weight is 453 g/mol. The standard InChI is InChI=1S/C21H19N5O5S/c1-30-14-9-13(10-15(11-14)31-2)23-20-21(25-18-6-4-3-5-17(18)24-20)26-32(28,29)16-7-8-19(27)22-12-16/h3-7,9-12H,8H2,1-2H3,(H,23,24)(H,25,26). The third-order valence-electron chi connectivity index (χ3n) is 4.54. The second kappa shape index (κ2) is 8.63. The summed E-state index contributed by atoms with van der Waals surface area (Å²) in [5.74, 6) is 0.819. The van der Waals surface area contributed by atoms with Crippen LogP contribution >= 0.6 is 0 Å². The molecule has 4 rings (SSSR count). The smallest absolute Gasteiger partial charge is 0.264 e. The SMILES string of the molecule is COc1cc(Nc2nc3ccccc3nc2NS(=O)(=O)C2=CCC(=O)N=C2)cc(OC)c1. The van der Waals surface area contributed by atoms with Gasteiger partial charge < -0.3 is 14.8 Å². The molecule has 0 aliphatic carbocycles. The van der Waals surface area contributed by atoms with Crippen LogP contribution in [0.15, 0.2) is 58.4 Å². The first kappa shape index (κ1) is 21.2. The van der Waals surface area contributed by atoms with Gasteiger partial charge in [-0.05, 0) is 12.1 Å². The Kier molecular flexibility index (Phi) is 5.73. The van der Waals surface area contributed by atoms with E-state index in [9.17, 15) is 13.2 Å². The second-order valence-electron chi connectivity index (χ2n) is 6.70. The van der Waals surface area contributed by atoms with E-state index in [0.29, 0.717) is 28.2 Å². The maximum absolute atomic E-state index is 12.9. The topological polar surface area (TPSA) is 132 Å². The van der Waals surface area contributed by atoms with Gasteiger partial charge in [0, 0.05) is 30.3 Å². The molecule has 3 aromatic rings. The van der Waals surface area contributed by atoms with Crippen LogP contribution < -0.4 is 19.5 Å². The number of nitrogens with zero attached hydrogens (tertiary/aromatic N) is 3. The van der Waals surface area contributed by atoms with Crippen molar-refractivity contribution in [2.45, 2.75) is 6.42 Å². The Labute approximate surface area is 184 Å². The number of para-hydroxylation sites is 2. The summed E-state index contributed by atoms with van der Waals surface area (Å²) < 4.78 is 38.8. The minimum atomic E-state index is -4.05. The summed E-state index contributed by atoms with van der Waals surface area (Å²) in [6.45, 7) is 0. The zero-order valence-electron chi connectivity index (χ0n) is 17.2. The van der Waals surface area contributed by atoms with Gasteiger partial charge in [0.1, 0.15) is 16.4 Å². The predicted molar refractivity (Wildman–Crippen MR) is 121 cm³/mol. The number of amides is 1. The number of benzene rings is 2. The number of fused-ring (bicyclic) bond motifs is 1. The van der Waals surface area contributed by atoms with E-state index in [4.69, 9.17) is 9.47 Å². The molecule has 2 heterocycles. The van der Waals surface area contributed by atoms with E-state index in [2.05, 4.69) is 25.0 Å². The first-order chi connectivity index (χ1) is 15.4. The Hall–Kier alpha value is -3.99. The van der Waals surface area contributed by atoms with Gasteiger partial charge in [-0.15, -0.1) is 0 Å². The number of hydrogen-bond acceptors (Lipinski definition) is 8. The van der Waals surface area contributed by atoms with Crippen molar-refractivity contribution in [1.29, 1.82) is 0 Å². The molecule has 0 fully saturated rings. The number of allylic oxidation sites excluding steroid dienone is 1. The van der Waals surface area contributed by atoms with E-state index in [1.807, 2.05) is 0 Å². The van der Waals surface area contributed by atoms with E-state index in [1.54, 1.807) is 42.5 Å². The quantitative estimate of drug-likeness (QED) is 0.558. The van der Waals surface area contributed by atoms with Gasteiger partial charge in [-0.3, -0.25) is 9.52 Å². The largest absolute Gasteiger partial charge is 0.497 e. The van der Waals surface area contributed by atoms with E-state index in [1.165, 1.54) is 20.3 Å². The summed E-state index contributed by atoms with van der Waals surface area (Å²) in [5, 5.41) is 3.08. The Bertz CT molecular complexity index is 1350. The fraction of sp³-hybridized carbons (Fsp3) is 0.143. The molecular weight excluding hydrogens is 434 g/mol. The zero-order chi connectivity index (χ0) is 22.7. The molecular formula is C21H19N5O5S. The Balaban J connectivity index is 1.76. The van der Waals surface area contributed by atoms with Gasteiger partial charge >= 0.3 is 0 Å². The molecule has 1 aliphatic rings. The lowest BCUT2D eigenvalue weighted by Crippen LogP contribution is -2.20. The summed E-state index contributed by atoms with van der Waals surface area (Å²) in [4.78, 5) is 23.7. The fourth-order valence-corrected chi connectivity index (χ4v) is 3.98. The number of hydrogen-bond donors (Lipinski definition) is 2. The molecule has 0 radical (unpaired) electrons. The molecule has 32 heavy (non-hydrogen) atoms. The molecule has 0 saturated heterocycles. The summed E-state index contributed by atoms with van der Waals surface area (Å²) in [6, 6.07) is 12.2. The number of carbonyl (C=O) groups is 1. The van der Waals surface area contributed by atoms with Gasteiger partial charge in [-0.25, -0.2) is 23.4 Å². The van der Waals surface area contributed by atoms with Crippen molar-refractivity contribution >= 4 is 50.5 Å². The van der Waals surface area contributed by atoms with E-state index >= 15 is 0 Å². The molecule has 0 atom stereocenters. The van der Waals surface area contributed by atoms with Crippen LogP contribution in [0.3, 0.4) is 0 Å². The molecule has 10 nitrogen and oxygen atoms in total. The van der Waals surface area contributed by atoms with Gasteiger partial charge in [0.2, 0.25) is 5.91 Å². The molecule has 11 heteroatoms. The number of aromatic nitrogens is 2. The number of sulfonamides is 1. The van der Waals surface area contributed by atoms with Crippen molar-refractivity contribution in [2.75, 3.05) is 24.3 Å². The highest BCUT2D eigenvalue weighted by atomic mass is 32.2. The van der Waals surface area contributed by atoms with Crippen molar-refractivity contribution in [3.63, 3.8) is 0 Å². The van der Waals surface area contributed by atoms with Crippen LogP contribution in [0, 0.1) is 0 Å². The van der Waals surface area contributed by atoms with Crippen LogP contribution in [0.5, 0.6) is 11.5 Å². The maximum atomic E-state index is 12.9. The molecule has 0 bridgehead atoms. The number of ether oxygens (including phenoxy) is 2. The van der Waals surface area contributed by atoms with Gasteiger partial charge in [-0.1, -0.05) is 18.2 Å². The van der Waals surface area contributed by atoms with Gasteiger partial charge in [0.25, 0.3) is 10.0 Å². The fourth-order valence-electron chi connectivity index (χ4n) is 2.97. The number of anilines is 3. The average Bonchev–Trinajstić information content (AvgIpc) is 2.79. The first-order valence-corrected chi connectivity index (χ1v) is 10.9. The van der Waals surface area contributed by atoms with E-state index in [0.717, 1.165) is 6.21 Å². The Morgan fingerprint density at radius 1 is 0.938 bits per heavy atom. The summed E-state index contributed by atoms with van der Waals surface area (Å²) >= 11 is 0. The molecule has 1 amide bonds. The van der Waals surface area contributed by atoms with E-state index < -0.39 is 15.9 Å². The van der Waals surface area contributed by atoms with Crippen molar-refractivity contribution in [1.82, 2.24) is 9.97 Å². The highest BCUT2D eigenvalue weighted by Crippen LogP contribution is 2.31. The van der Waals surface area contributed by atoms with Crippen molar-refractivity contribution < 1.29 is 22.7 Å². The number of methoxy groups -OCH3 is 2. The molecule has 0 saturated carbocycles. The van der Waals surface area contributed by atoms with Crippen molar-refractivity contribution in [3.8, 4) is 11.5 Å². The summed E-state index contributed by atoms with van der Waals surface area (Å²) in [6.07, 6.45) is 2.22. The number of rotatable bonds is 7. The van der Waals surface area contributed by atoms with Crippen LogP contribution in [0.1, 0.15) is 6.42 Å². The molecule has 164 valence electrons. The summed E-state index contributed by atoms with van der Waals surface area (Å²) in [7, 11) is -0.999. The lowest BCUT2D eigenvalue weighted by atomic mass is 10.2. The normalized spacial score (nSPS) is 13.6. The van der Waals surface area contributed by atoms with E-state index in [-0.39, 0.29) is 23.0 Å². The lowest BCUT2D eigenvalue weighted by molar-refractivity contribution is -0.117. The second-order valence-corrected chi connectivity index (χ2v) is 8.39. The third kappa shape index (κ3) is 4.52. The highest BCUT2D eigenvalue weighted by Gasteiger charge is 2.22. The third-order valence-corrected chi connectivity index (χ3v) is 5.89. The van der Waals surface area contributed by atoms with Crippen molar-refractivity contribution in [2.24, 2.45) is 4.99 Å². The molecule has 0 spiro atoms. The number of dihydropyridines is 1. The Morgan fingerprint density at radius 3 is 2.12 bits per heavy atom. The Morgan fingerprint density at radius 2 is 1.56 bits per heavy atom. The number of aliphatic imine (C=N–C) groups is 1. The van der Waals surface area contributed by atoms with Crippen molar-refractivity contribution in [3.05, 3.63) is 53.4 Å². The monoisotopic (exact) mass is 453 g/mol. The van der Waals surface area contributed by atoms with Crippen LogP contribution in [-0.2, 0) is 14.8 Å². The minimum Gasteiger partial charge on any atom is -0.497 e. The first-order valence-electron chi connectivity index (χ1n) is 9.45. The van der Waals surface area contributed by atoms with Crippen LogP contribution in [0.4, 0.5) is 17.3 Å². The maximum Gasteiger partial charge on any atom is 0.264 e. The molecule has 0 unspecified atom stereocenters. The summed E-state index contributed by atoms with van der Waals surface area (Å²) in [5.41, 5.74) is 1.62. The molecule has 1 aromatic heterocycles. The van der Waals surface area contributed by atoms with Crippen LogP contribution in [-0.4, -0.2) is 44.7 Å².